The molecule has 0 spiro atoms. The smallest absolute Gasteiger partial charge is 0.264 e. The SMILES string of the molecule is C=CCC[C@H](C)OS(C)(=O)=O. The highest BCUT2D eigenvalue weighted by atomic mass is 32.2. The number of hydrogen-bond acceptors (Lipinski definition) is 3. The van der Waals surface area contributed by atoms with Crippen LogP contribution in [0.1, 0.15) is 19.8 Å². The zero-order valence-electron chi connectivity index (χ0n) is 6.91. The highest BCUT2D eigenvalue weighted by Gasteiger charge is 2.08. The molecule has 0 heterocycles. The fourth-order valence-electron chi connectivity index (χ4n) is 0.699. The molecule has 1 atom stereocenters. The minimum atomic E-state index is -3.29. The normalized spacial score (nSPS) is 14.4. The zero-order chi connectivity index (χ0) is 8.91. The summed E-state index contributed by atoms with van der Waals surface area (Å²) in [5.74, 6) is 0. The lowest BCUT2D eigenvalue weighted by atomic mass is 10.2. The molecular formula is C7H14O3S. The van der Waals surface area contributed by atoms with Crippen LogP contribution in [0.2, 0.25) is 0 Å². The molecule has 66 valence electrons. The lowest BCUT2D eigenvalue weighted by Crippen LogP contribution is -2.13. The minimum Gasteiger partial charge on any atom is -0.267 e. The highest BCUT2D eigenvalue weighted by molar-refractivity contribution is 7.86. The van der Waals surface area contributed by atoms with Gasteiger partial charge in [0, 0.05) is 0 Å². The molecule has 0 aromatic carbocycles. The van der Waals surface area contributed by atoms with Crippen LogP contribution in [0.5, 0.6) is 0 Å². The molecule has 4 heteroatoms. The van der Waals surface area contributed by atoms with Crippen molar-refractivity contribution in [3.63, 3.8) is 0 Å². The fraction of sp³-hybridized carbons (Fsp3) is 0.714. The lowest BCUT2D eigenvalue weighted by Gasteiger charge is -2.08. The Labute approximate surface area is 68.2 Å². The van der Waals surface area contributed by atoms with Gasteiger partial charge in [-0.3, -0.25) is 4.18 Å². The van der Waals surface area contributed by atoms with E-state index in [1.165, 1.54) is 0 Å². The van der Waals surface area contributed by atoms with Crippen LogP contribution in [0.4, 0.5) is 0 Å². The average molecular weight is 178 g/mol. The van der Waals surface area contributed by atoms with E-state index in [0.29, 0.717) is 6.42 Å². The van der Waals surface area contributed by atoms with Gasteiger partial charge in [-0.25, -0.2) is 0 Å². The molecular weight excluding hydrogens is 164 g/mol. The van der Waals surface area contributed by atoms with E-state index in [4.69, 9.17) is 0 Å². The second-order valence-corrected chi connectivity index (χ2v) is 4.08. The standard InChI is InChI=1S/C7H14O3S/c1-4-5-6-7(2)10-11(3,8)9/h4,7H,1,5-6H2,2-3H3/t7-/m0/s1. The Hall–Kier alpha value is -0.350. The lowest BCUT2D eigenvalue weighted by molar-refractivity contribution is 0.222. The van der Waals surface area contributed by atoms with Gasteiger partial charge in [0.1, 0.15) is 0 Å². The molecule has 0 saturated carbocycles. The molecule has 0 unspecified atom stereocenters. The maximum absolute atomic E-state index is 10.6. The van der Waals surface area contributed by atoms with Crippen molar-refractivity contribution in [3.05, 3.63) is 12.7 Å². The van der Waals surface area contributed by atoms with Crippen molar-refractivity contribution >= 4 is 10.1 Å². The van der Waals surface area contributed by atoms with Crippen LogP contribution in [0, 0.1) is 0 Å². The predicted molar refractivity (Wildman–Crippen MR) is 44.8 cm³/mol. The van der Waals surface area contributed by atoms with E-state index in [-0.39, 0.29) is 6.10 Å². The quantitative estimate of drug-likeness (QED) is 0.471. The second-order valence-electron chi connectivity index (χ2n) is 2.48. The van der Waals surface area contributed by atoms with Crippen molar-refractivity contribution in [1.29, 1.82) is 0 Å². The Morgan fingerprint density at radius 2 is 2.18 bits per heavy atom. The van der Waals surface area contributed by atoms with Gasteiger partial charge in [0.15, 0.2) is 0 Å². The van der Waals surface area contributed by atoms with Crippen LogP contribution in [0.25, 0.3) is 0 Å². The number of allylic oxidation sites excluding steroid dienone is 1. The van der Waals surface area contributed by atoms with E-state index in [0.717, 1.165) is 12.7 Å². The monoisotopic (exact) mass is 178 g/mol. The Balaban J connectivity index is 3.69. The van der Waals surface area contributed by atoms with E-state index in [1.54, 1.807) is 13.0 Å². The van der Waals surface area contributed by atoms with Gasteiger partial charge in [-0.2, -0.15) is 8.42 Å². The molecule has 0 N–H and O–H groups in total. The van der Waals surface area contributed by atoms with Gasteiger partial charge in [0.2, 0.25) is 0 Å². The number of hydrogen-bond donors (Lipinski definition) is 0. The average Bonchev–Trinajstić information content (AvgIpc) is 1.79. The molecule has 0 aromatic rings. The summed E-state index contributed by atoms with van der Waals surface area (Å²) in [5.41, 5.74) is 0. The first-order valence-corrected chi connectivity index (χ1v) is 5.26. The fourth-order valence-corrected chi connectivity index (χ4v) is 1.39. The van der Waals surface area contributed by atoms with Gasteiger partial charge >= 0.3 is 0 Å². The predicted octanol–water partition coefficient (Wildman–Crippen LogP) is 1.32. The Kier molecular flexibility index (Phi) is 4.37. The van der Waals surface area contributed by atoms with Crippen LogP contribution >= 0.6 is 0 Å². The third-order valence-electron chi connectivity index (χ3n) is 1.12. The summed E-state index contributed by atoms with van der Waals surface area (Å²) in [4.78, 5) is 0. The summed E-state index contributed by atoms with van der Waals surface area (Å²) in [6.07, 6.45) is 4.01. The maximum atomic E-state index is 10.6. The molecule has 0 radical (unpaired) electrons. The van der Waals surface area contributed by atoms with Crippen molar-refractivity contribution < 1.29 is 12.6 Å². The van der Waals surface area contributed by atoms with Crippen LogP contribution in [-0.2, 0) is 14.3 Å². The topological polar surface area (TPSA) is 43.4 Å². The first kappa shape index (κ1) is 10.7. The largest absolute Gasteiger partial charge is 0.267 e. The molecule has 0 fully saturated rings. The van der Waals surface area contributed by atoms with Crippen molar-refractivity contribution in [2.24, 2.45) is 0 Å². The van der Waals surface area contributed by atoms with Gasteiger partial charge in [-0.05, 0) is 19.8 Å². The maximum Gasteiger partial charge on any atom is 0.264 e. The van der Waals surface area contributed by atoms with E-state index in [2.05, 4.69) is 10.8 Å². The third-order valence-corrected chi connectivity index (χ3v) is 1.79. The van der Waals surface area contributed by atoms with Crippen LogP contribution < -0.4 is 0 Å². The Morgan fingerprint density at radius 1 is 1.64 bits per heavy atom. The molecule has 0 aromatic heterocycles. The van der Waals surface area contributed by atoms with Gasteiger partial charge in [0.25, 0.3) is 10.1 Å². The molecule has 0 aliphatic heterocycles. The van der Waals surface area contributed by atoms with Gasteiger partial charge in [-0.1, -0.05) is 6.08 Å². The number of rotatable bonds is 5. The summed E-state index contributed by atoms with van der Waals surface area (Å²) in [6, 6.07) is 0. The van der Waals surface area contributed by atoms with Crippen LogP contribution in [-0.4, -0.2) is 20.8 Å². The summed E-state index contributed by atoms with van der Waals surface area (Å²) >= 11 is 0. The van der Waals surface area contributed by atoms with Crippen molar-refractivity contribution in [2.45, 2.75) is 25.9 Å². The van der Waals surface area contributed by atoms with Crippen LogP contribution in [0.3, 0.4) is 0 Å². The molecule has 0 aliphatic rings. The third kappa shape index (κ3) is 7.55. The highest BCUT2D eigenvalue weighted by Crippen LogP contribution is 2.04. The molecule has 0 aliphatic carbocycles. The summed E-state index contributed by atoms with van der Waals surface area (Å²) in [7, 11) is -3.29. The molecule has 0 saturated heterocycles. The molecule has 11 heavy (non-hydrogen) atoms. The summed E-state index contributed by atoms with van der Waals surface area (Å²) in [6.45, 7) is 5.25. The Bertz CT molecular complexity index is 206. The second kappa shape index (κ2) is 4.51. The molecule has 0 amide bonds. The van der Waals surface area contributed by atoms with Gasteiger partial charge < -0.3 is 0 Å². The first-order chi connectivity index (χ1) is 4.95. The molecule has 0 rings (SSSR count). The minimum absolute atomic E-state index is 0.247. The summed E-state index contributed by atoms with van der Waals surface area (Å²) in [5, 5.41) is 0. The zero-order valence-corrected chi connectivity index (χ0v) is 7.73. The molecule has 0 bridgehead atoms. The van der Waals surface area contributed by atoms with Crippen molar-refractivity contribution in [1.82, 2.24) is 0 Å². The Morgan fingerprint density at radius 3 is 2.55 bits per heavy atom. The van der Waals surface area contributed by atoms with Crippen LogP contribution in [0.15, 0.2) is 12.7 Å². The van der Waals surface area contributed by atoms with Crippen molar-refractivity contribution in [2.75, 3.05) is 6.26 Å². The van der Waals surface area contributed by atoms with Gasteiger partial charge in [0.05, 0.1) is 12.4 Å². The van der Waals surface area contributed by atoms with Gasteiger partial charge in [-0.15, -0.1) is 6.58 Å². The van der Waals surface area contributed by atoms with E-state index in [1.807, 2.05) is 0 Å². The van der Waals surface area contributed by atoms with E-state index >= 15 is 0 Å². The van der Waals surface area contributed by atoms with E-state index in [9.17, 15) is 8.42 Å². The first-order valence-electron chi connectivity index (χ1n) is 3.45. The van der Waals surface area contributed by atoms with E-state index < -0.39 is 10.1 Å². The molecule has 3 nitrogen and oxygen atoms in total. The summed E-state index contributed by atoms with van der Waals surface area (Å²) < 4.78 is 25.8. The van der Waals surface area contributed by atoms with Crippen molar-refractivity contribution in [3.8, 4) is 0 Å².